The Kier molecular flexibility index (Phi) is 6.17. The van der Waals surface area contributed by atoms with Crippen molar-refractivity contribution in [1.29, 1.82) is 0 Å². The fourth-order valence-electron chi connectivity index (χ4n) is 2.94. The summed E-state index contributed by atoms with van der Waals surface area (Å²) in [6.07, 6.45) is 1.12. The first-order valence-corrected chi connectivity index (χ1v) is 8.10. The summed E-state index contributed by atoms with van der Waals surface area (Å²) in [6.45, 7) is 2.46. The Balaban J connectivity index is 0.00000225. The third-order valence-electron chi connectivity index (χ3n) is 4.03. The quantitative estimate of drug-likeness (QED) is 0.881. The highest BCUT2D eigenvalue weighted by atomic mass is 35.5. The van der Waals surface area contributed by atoms with Crippen molar-refractivity contribution in [2.45, 2.75) is 25.8 Å². The Morgan fingerprint density at radius 3 is 2.72 bits per heavy atom. The molecule has 132 valence electrons. The summed E-state index contributed by atoms with van der Waals surface area (Å²) in [4.78, 5) is 26.4. The van der Waals surface area contributed by atoms with Gasteiger partial charge in [-0.05, 0) is 43.2 Å². The zero-order chi connectivity index (χ0) is 17.1. The normalized spacial score (nSPS) is 13.6. The van der Waals surface area contributed by atoms with Gasteiger partial charge in [0.15, 0.2) is 0 Å². The minimum Gasteiger partial charge on any atom is -0.327 e. The van der Waals surface area contributed by atoms with E-state index in [1.807, 2.05) is 24.3 Å². The molecule has 3 N–H and O–H groups in total. The molecule has 25 heavy (non-hydrogen) atoms. The van der Waals surface area contributed by atoms with E-state index in [1.54, 1.807) is 36.1 Å². The lowest BCUT2D eigenvalue weighted by Gasteiger charge is -2.18. The summed E-state index contributed by atoms with van der Waals surface area (Å²) in [5, 5.41) is 2.79. The predicted molar refractivity (Wildman–Crippen MR) is 102 cm³/mol. The molecule has 0 aliphatic carbocycles. The van der Waals surface area contributed by atoms with Crippen molar-refractivity contribution in [2.24, 2.45) is 5.73 Å². The topological polar surface area (TPSA) is 75.4 Å². The number of nitrogens with zero attached hydrogens (tertiary/aromatic N) is 1. The van der Waals surface area contributed by atoms with Crippen LogP contribution >= 0.6 is 12.4 Å². The number of halogens is 1. The van der Waals surface area contributed by atoms with Crippen LogP contribution < -0.4 is 16.0 Å². The van der Waals surface area contributed by atoms with Crippen LogP contribution in [0.5, 0.6) is 0 Å². The second-order valence-electron chi connectivity index (χ2n) is 6.15. The van der Waals surface area contributed by atoms with Gasteiger partial charge in [-0.2, -0.15) is 0 Å². The molecule has 0 saturated carbocycles. The lowest BCUT2D eigenvalue weighted by molar-refractivity contribution is -0.116. The Morgan fingerprint density at radius 1 is 1.20 bits per heavy atom. The molecule has 1 aliphatic heterocycles. The highest BCUT2D eigenvalue weighted by Gasteiger charge is 2.25. The van der Waals surface area contributed by atoms with E-state index in [4.69, 9.17) is 5.73 Å². The average Bonchev–Trinajstić information content (AvgIpc) is 2.97. The summed E-state index contributed by atoms with van der Waals surface area (Å²) in [5.41, 5.74) is 8.96. The average molecular weight is 360 g/mol. The van der Waals surface area contributed by atoms with Crippen LogP contribution in [0.4, 0.5) is 11.4 Å². The molecule has 0 spiro atoms. The molecule has 2 aromatic rings. The van der Waals surface area contributed by atoms with Gasteiger partial charge >= 0.3 is 0 Å². The standard InChI is InChI=1S/C19H21N3O2.ClH/c1-13(20)11-18(23)21-16-7-4-6-15(12-16)19(24)22-10-9-14-5-2-3-8-17(14)22;/h2-8,12-13H,9-11,20H2,1H3,(H,21,23);1H. The molecule has 1 atom stereocenters. The minimum atomic E-state index is -0.198. The maximum atomic E-state index is 12.8. The molecule has 1 unspecified atom stereocenters. The fraction of sp³-hybridized carbons (Fsp3) is 0.263. The van der Waals surface area contributed by atoms with Crippen molar-refractivity contribution in [1.82, 2.24) is 0 Å². The molecular formula is C19H22ClN3O2. The van der Waals surface area contributed by atoms with Gasteiger partial charge in [0, 0.05) is 35.9 Å². The first-order valence-electron chi connectivity index (χ1n) is 8.10. The van der Waals surface area contributed by atoms with Gasteiger partial charge < -0.3 is 16.0 Å². The van der Waals surface area contributed by atoms with E-state index in [9.17, 15) is 9.59 Å². The molecule has 2 aromatic carbocycles. The Labute approximate surface area is 153 Å². The number of rotatable bonds is 4. The largest absolute Gasteiger partial charge is 0.327 e. The molecule has 5 nitrogen and oxygen atoms in total. The summed E-state index contributed by atoms with van der Waals surface area (Å²) >= 11 is 0. The fourth-order valence-corrected chi connectivity index (χ4v) is 2.94. The number of carbonyl (C=O) groups excluding carboxylic acids is 2. The van der Waals surface area contributed by atoms with Crippen LogP contribution in [-0.2, 0) is 11.2 Å². The minimum absolute atomic E-state index is 0. The van der Waals surface area contributed by atoms with Gasteiger partial charge in [-0.25, -0.2) is 0 Å². The zero-order valence-electron chi connectivity index (χ0n) is 14.1. The number of hydrogen-bond donors (Lipinski definition) is 2. The lowest BCUT2D eigenvalue weighted by Crippen LogP contribution is -2.29. The van der Waals surface area contributed by atoms with Crippen molar-refractivity contribution in [3.63, 3.8) is 0 Å². The Hall–Kier alpha value is -2.37. The molecule has 0 saturated heterocycles. The van der Waals surface area contributed by atoms with Crippen LogP contribution in [0.3, 0.4) is 0 Å². The number of para-hydroxylation sites is 1. The monoisotopic (exact) mass is 359 g/mol. The molecule has 0 aromatic heterocycles. The molecule has 2 amide bonds. The Morgan fingerprint density at radius 2 is 1.96 bits per heavy atom. The zero-order valence-corrected chi connectivity index (χ0v) is 14.9. The number of benzene rings is 2. The van der Waals surface area contributed by atoms with Crippen molar-refractivity contribution in [2.75, 3.05) is 16.8 Å². The number of carbonyl (C=O) groups is 2. The molecular weight excluding hydrogens is 338 g/mol. The smallest absolute Gasteiger partial charge is 0.258 e. The summed E-state index contributed by atoms with van der Waals surface area (Å²) in [5.74, 6) is -0.204. The van der Waals surface area contributed by atoms with Crippen molar-refractivity contribution in [3.8, 4) is 0 Å². The molecule has 3 rings (SSSR count). The van der Waals surface area contributed by atoms with Gasteiger partial charge in [0.2, 0.25) is 5.91 Å². The van der Waals surface area contributed by atoms with E-state index in [2.05, 4.69) is 5.32 Å². The highest BCUT2D eigenvalue weighted by molar-refractivity contribution is 6.08. The second kappa shape index (κ2) is 8.14. The van der Waals surface area contributed by atoms with Crippen LogP contribution in [0, 0.1) is 0 Å². The van der Waals surface area contributed by atoms with Crippen LogP contribution in [0.25, 0.3) is 0 Å². The van der Waals surface area contributed by atoms with Gasteiger partial charge in [-0.1, -0.05) is 24.3 Å². The van der Waals surface area contributed by atoms with Gasteiger partial charge in [0.05, 0.1) is 0 Å². The highest BCUT2D eigenvalue weighted by Crippen LogP contribution is 2.29. The van der Waals surface area contributed by atoms with Crippen LogP contribution in [-0.4, -0.2) is 24.4 Å². The van der Waals surface area contributed by atoms with Crippen LogP contribution in [0.2, 0.25) is 0 Å². The molecule has 6 heteroatoms. The molecule has 0 radical (unpaired) electrons. The first kappa shape index (κ1) is 19.0. The van der Waals surface area contributed by atoms with Gasteiger partial charge in [0.1, 0.15) is 0 Å². The number of nitrogens with two attached hydrogens (primary N) is 1. The van der Waals surface area contributed by atoms with Crippen LogP contribution in [0.15, 0.2) is 48.5 Å². The van der Waals surface area contributed by atoms with E-state index in [1.165, 1.54) is 5.56 Å². The number of amides is 2. The number of anilines is 2. The third-order valence-corrected chi connectivity index (χ3v) is 4.03. The van der Waals surface area contributed by atoms with E-state index in [0.717, 1.165) is 12.1 Å². The van der Waals surface area contributed by atoms with Crippen molar-refractivity contribution < 1.29 is 9.59 Å². The van der Waals surface area contributed by atoms with Gasteiger partial charge in [-0.15, -0.1) is 12.4 Å². The molecule has 1 aliphatic rings. The predicted octanol–water partition coefficient (Wildman–Crippen LogP) is 2.99. The van der Waals surface area contributed by atoms with Gasteiger partial charge in [0.25, 0.3) is 5.91 Å². The maximum Gasteiger partial charge on any atom is 0.258 e. The third kappa shape index (κ3) is 4.38. The first-order chi connectivity index (χ1) is 11.5. The second-order valence-corrected chi connectivity index (χ2v) is 6.15. The van der Waals surface area contributed by atoms with E-state index in [-0.39, 0.29) is 36.7 Å². The number of hydrogen-bond acceptors (Lipinski definition) is 3. The summed E-state index contributed by atoms with van der Waals surface area (Å²) < 4.78 is 0. The van der Waals surface area contributed by atoms with E-state index >= 15 is 0 Å². The van der Waals surface area contributed by atoms with Crippen molar-refractivity contribution >= 4 is 35.6 Å². The lowest BCUT2D eigenvalue weighted by atomic mass is 10.1. The molecule has 1 heterocycles. The van der Waals surface area contributed by atoms with Gasteiger partial charge in [-0.3, -0.25) is 9.59 Å². The van der Waals surface area contributed by atoms with E-state index < -0.39 is 0 Å². The van der Waals surface area contributed by atoms with Crippen LogP contribution in [0.1, 0.15) is 29.3 Å². The molecule has 0 fully saturated rings. The summed E-state index contributed by atoms with van der Waals surface area (Å²) in [7, 11) is 0. The summed E-state index contributed by atoms with van der Waals surface area (Å²) in [6, 6.07) is 14.8. The number of nitrogens with one attached hydrogen (secondary N) is 1. The SMILES string of the molecule is CC(N)CC(=O)Nc1cccc(C(=O)N2CCc3ccccc32)c1.Cl. The maximum absolute atomic E-state index is 12.8. The Bertz CT molecular complexity index is 777. The van der Waals surface area contributed by atoms with Crippen molar-refractivity contribution in [3.05, 3.63) is 59.7 Å². The number of fused-ring (bicyclic) bond motifs is 1. The van der Waals surface area contributed by atoms with E-state index in [0.29, 0.717) is 17.8 Å². The molecule has 0 bridgehead atoms.